The molecular weight excluding hydrogens is 134 g/mol. The second-order valence-corrected chi connectivity index (χ2v) is 2.95. The molecule has 0 amide bonds. The highest BCUT2D eigenvalue weighted by Gasteiger charge is 2.11. The first-order valence-electron chi connectivity index (χ1n) is 4.43. The first-order valence-corrected chi connectivity index (χ1v) is 4.43. The second-order valence-electron chi connectivity index (χ2n) is 2.95. The van der Waals surface area contributed by atoms with Crippen molar-refractivity contribution in [2.24, 2.45) is 5.92 Å². The monoisotopic (exact) mass is 153 g/mol. The van der Waals surface area contributed by atoms with Gasteiger partial charge in [0.2, 0.25) is 0 Å². The van der Waals surface area contributed by atoms with Crippen molar-refractivity contribution in [3.63, 3.8) is 0 Å². The largest absolute Gasteiger partial charge is 0.303 e. The van der Waals surface area contributed by atoms with Crippen molar-refractivity contribution in [3.8, 4) is 12.3 Å². The van der Waals surface area contributed by atoms with E-state index in [2.05, 4.69) is 32.0 Å². The Bertz CT molecular complexity index is 119. The summed E-state index contributed by atoms with van der Waals surface area (Å²) in [7, 11) is 0. The minimum Gasteiger partial charge on any atom is -0.303 e. The lowest BCUT2D eigenvalue weighted by molar-refractivity contribution is 0.366. The molecule has 0 aliphatic rings. The minimum atomic E-state index is 0.557. The molecule has 0 radical (unpaired) electrons. The fourth-order valence-corrected chi connectivity index (χ4v) is 1.38. The molecule has 1 nitrogen and oxygen atoms in total. The molecule has 0 aromatic heterocycles. The number of hydrogen-bond acceptors (Lipinski definition) is 1. The molecule has 0 aliphatic heterocycles. The van der Waals surface area contributed by atoms with Gasteiger partial charge in [-0.3, -0.25) is 0 Å². The van der Waals surface area contributed by atoms with Gasteiger partial charge in [0.15, 0.2) is 0 Å². The van der Waals surface area contributed by atoms with E-state index in [1.54, 1.807) is 0 Å². The molecule has 0 aromatic carbocycles. The molecule has 0 rings (SSSR count). The van der Waals surface area contributed by atoms with Gasteiger partial charge in [-0.25, -0.2) is 0 Å². The van der Waals surface area contributed by atoms with E-state index in [4.69, 9.17) is 6.42 Å². The van der Waals surface area contributed by atoms with Crippen LogP contribution in [0.25, 0.3) is 0 Å². The molecule has 1 heteroatoms. The Labute approximate surface area is 70.6 Å². The average Bonchev–Trinajstić information content (AvgIpc) is 2.03. The SMILES string of the molecule is C#CCNC(C)C(CC)CC. The van der Waals surface area contributed by atoms with E-state index in [9.17, 15) is 0 Å². The summed E-state index contributed by atoms with van der Waals surface area (Å²) in [4.78, 5) is 0. The molecule has 0 saturated carbocycles. The Balaban J connectivity index is 3.61. The van der Waals surface area contributed by atoms with Gasteiger partial charge in [-0.05, 0) is 12.8 Å². The van der Waals surface area contributed by atoms with Crippen LogP contribution in [-0.2, 0) is 0 Å². The van der Waals surface area contributed by atoms with Crippen molar-refractivity contribution in [3.05, 3.63) is 0 Å². The summed E-state index contributed by atoms with van der Waals surface area (Å²) in [5.74, 6) is 3.36. The third kappa shape index (κ3) is 4.06. The van der Waals surface area contributed by atoms with Crippen molar-refractivity contribution in [1.29, 1.82) is 0 Å². The molecule has 0 heterocycles. The zero-order chi connectivity index (χ0) is 8.69. The van der Waals surface area contributed by atoms with E-state index in [1.807, 2.05) is 0 Å². The van der Waals surface area contributed by atoms with Gasteiger partial charge in [0.05, 0.1) is 6.54 Å². The number of nitrogens with one attached hydrogen (secondary N) is 1. The van der Waals surface area contributed by atoms with E-state index < -0.39 is 0 Å². The highest BCUT2D eigenvalue weighted by Crippen LogP contribution is 2.11. The number of hydrogen-bond donors (Lipinski definition) is 1. The standard InChI is InChI=1S/C10H19N/c1-5-8-11-9(4)10(6-2)7-3/h1,9-11H,6-8H2,2-4H3. The van der Waals surface area contributed by atoms with Gasteiger partial charge in [-0.2, -0.15) is 0 Å². The maximum Gasteiger partial charge on any atom is 0.0575 e. The third-order valence-corrected chi connectivity index (χ3v) is 2.28. The topological polar surface area (TPSA) is 12.0 Å². The van der Waals surface area contributed by atoms with Gasteiger partial charge < -0.3 is 5.32 Å². The Morgan fingerprint density at radius 1 is 1.36 bits per heavy atom. The van der Waals surface area contributed by atoms with Gasteiger partial charge in [0, 0.05) is 6.04 Å². The Morgan fingerprint density at radius 3 is 2.27 bits per heavy atom. The van der Waals surface area contributed by atoms with Crippen molar-refractivity contribution < 1.29 is 0 Å². The van der Waals surface area contributed by atoms with Crippen LogP contribution >= 0.6 is 0 Å². The highest BCUT2D eigenvalue weighted by atomic mass is 14.9. The molecule has 0 fully saturated rings. The lowest BCUT2D eigenvalue weighted by Crippen LogP contribution is -2.33. The number of terminal acetylenes is 1. The van der Waals surface area contributed by atoms with Crippen LogP contribution in [0.5, 0.6) is 0 Å². The number of rotatable bonds is 5. The Hall–Kier alpha value is -0.480. The molecule has 0 aromatic rings. The maximum atomic E-state index is 5.15. The molecule has 0 saturated heterocycles. The van der Waals surface area contributed by atoms with Crippen LogP contribution in [0.15, 0.2) is 0 Å². The van der Waals surface area contributed by atoms with Gasteiger partial charge in [-0.15, -0.1) is 6.42 Å². The molecule has 0 aliphatic carbocycles. The minimum absolute atomic E-state index is 0.557. The molecule has 64 valence electrons. The predicted octanol–water partition coefficient (Wildman–Crippen LogP) is 2.03. The summed E-state index contributed by atoms with van der Waals surface area (Å²) >= 11 is 0. The van der Waals surface area contributed by atoms with Crippen LogP contribution in [0, 0.1) is 18.3 Å². The predicted molar refractivity (Wildman–Crippen MR) is 50.4 cm³/mol. The fourth-order valence-electron chi connectivity index (χ4n) is 1.38. The van der Waals surface area contributed by atoms with Crippen LogP contribution in [0.3, 0.4) is 0 Å². The molecule has 1 N–H and O–H groups in total. The smallest absolute Gasteiger partial charge is 0.0575 e. The summed E-state index contributed by atoms with van der Waals surface area (Å²) in [6, 6.07) is 0.557. The van der Waals surface area contributed by atoms with Crippen LogP contribution in [0.1, 0.15) is 33.6 Å². The molecule has 0 spiro atoms. The molecule has 1 atom stereocenters. The summed E-state index contributed by atoms with van der Waals surface area (Å²) in [6.45, 7) is 7.34. The Kier molecular flexibility index (Phi) is 5.97. The normalized spacial score (nSPS) is 13.0. The van der Waals surface area contributed by atoms with Crippen LogP contribution in [0.2, 0.25) is 0 Å². The molecule has 11 heavy (non-hydrogen) atoms. The van der Waals surface area contributed by atoms with Crippen molar-refractivity contribution >= 4 is 0 Å². The van der Waals surface area contributed by atoms with E-state index in [-0.39, 0.29) is 0 Å². The van der Waals surface area contributed by atoms with Crippen LogP contribution in [-0.4, -0.2) is 12.6 Å². The summed E-state index contributed by atoms with van der Waals surface area (Å²) in [6.07, 6.45) is 7.61. The Morgan fingerprint density at radius 2 is 1.91 bits per heavy atom. The van der Waals surface area contributed by atoms with Gasteiger partial charge in [-0.1, -0.05) is 32.6 Å². The molecule has 0 bridgehead atoms. The highest BCUT2D eigenvalue weighted by molar-refractivity contribution is 4.88. The van der Waals surface area contributed by atoms with Gasteiger partial charge >= 0.3 is 0 Å². The summed E-state index contributed by atoms with van der Waals surface area (Å²) in [5.41, 5.74) is 0. The first-order chi connectivity index (χ1) is 5.26. The average molecular weight is 153 g/mol. The zero-order valence-electron chi connectivity index (χ0n) is 7.85. The fraction of sp³-hybridized carbons (Fsp3) is 0.800. The lowest BCUT2D eigenvalue weighted by atomic mass is 9.96. The van der Waals surface area contributed by atoms with E-state index in [0.717, 1.165) is 5.92 Å². The quantitative estimate of drug-likeness (QED) is 0.596. The van der Waals surface area contributed by atoms with E-state index in [0.29, 0.717) is 12.6 Å². The molecule has 1 unspecified atom stereocenters. The van der Waals surface area contributed by atoms with E-state index in [1.165, 1.54) is 12.8 Å². The zero-order valence-corrected chi connectivity index (χ0v) is 7.85. The van der Waals surface area contributed by atoms with Crippen LogP contribution < -0.4 is 5.32 Å². The summed E-state index contributed by atoms with van der Waals surface area (Å²) in [5, 5.41) is 3.30. The van der Waals surface area contributed by atoms with Crippen molar-refractivity contribution in [2.75, 3.05) is 6.54 Å². The second kappa shape index (κ2) is 6.24. The lowest BCUT2D eigenvalue weighted by Gasteiger charge is -2.21. The van der Waals surface area contributed by atoms with Crippen molar-refractivity contribution in [2.45, 2.75) is 39.7 Å². The van der Waals surface area contributed by atoms with Gasteiger partial charge in [0.1, 0.15) is 0 Å². The molecular formula is C10H19N. The van der Waals surface area contributed by atoms with Gasteiger partial charge in [0.25, 0.3) is 0 Å². The first kappa shape index (κ1) is 10.5. The van der Waals surface area contributed by atoms with E-state index >= 15 is 0 Å². The van der Waals surface area contributed by atoms with Crippen LogP contribution in [0.4, 0.5) is 0 Å². The third-order valence-electron chi connectivity index (χ3n) is 2.28. The summed E-state index contributed by atoms with van der Waals surface area (Å²) < 4.78 is 0. The van der Waals surface area contributed by atoms with Crippen molar-refractivity contribution in [1.82, 2.24) is 5.32 Å². The maximum absolute atomic E-state index is 5.15.